The molecule has 5 aromatic heterocycles. The van der Waals surface area contributed by atoms with Crippen LogP contribution in [-0.4, -0.2) is 55.7 Å². The molecule has 37 heavy (non-hydrogen) atoms. The van der Waals surface area contributed by atoms with Gasteiger partial charge >= 0.3 is 0 Å². The highest BCUT2D eigenvalue weighted by Gasteiger charge is 2.17. The molecule has 0 aliphatic heterocycles. The van der Waals surface area contributed by atoms with Crippen molar-refractivity contribution < 1.29 is 0 Å². The van der Waals surface area contributed by atoms with E-state index in [0.29, 0.717) is 5.65 Å². The average Bonchev–Trinajstić information content (AvgIpc) is 3.50. The molecule has 0 saturated heterocycles. The number of aromatic amines is 2. The maximum atomic E-state index is 4.63. The summed E-state index contributed by atoms with van der Waals surface area (Å²) < 4.78 is 0. The highest BCUT2D eigenvalue weighted by atomic mass is 15.2. The van der Waals surface area contributed by atoms with Crippen molar-refractivity contribution in [2.24, 2.45) is 0 Å². The van der Waals surface area contributed by atoms with Crippen molar-refractivity contribution in [3.8, 4) is 22.5 Å². The van der Waals surface area contributed by atoms with Crippen LogP contribution in [0, 0.1) is 6.92 Å². The Kier molecular flexibility index (Phi) is 7.05. The van der Waals surface area contributed by atoms with Gasteiger partial charge in [-0.25, -0.2) is 4.98 Å². The first-order chi connectivity index (χ1) is 18.0. The SMILES string of the molecule is C=C/C=C(/c1ccccn1)c1cc(-c2[nH]nc3ncc(-c4cncc(CCCN(C)C)c4)cc23)[nH]c1C. The zero-order valence-electron chi connectivity index (χ0n) is 21.5. The smallest absolute Gasteiger partial charge is 0.181 e. The molecule has 0 radical (unpaired) electrons. The van der Waals surface area contributed by atoms with E-state index in [1.165, 1.54) is 5.56 Å². The van der Waals surface area contributed by atoms with E-state index in [-0.39, 0.29) is 0 Å². The third kappa shape index (κ3) is 5.27. The van der Waals surface area contributed by atoms with E-state index in [1.54, 1.807) is 12.3 Å². The second kappa shape index (κ2) is 10.7. The van der Waals surface area contributed by atoms with Crippen molar-refractivity contribution >= 4 is 16.6 Å². The van der Waals surface area contributed by atoms with E-state index in [4.69, 9.17) is 0 Å². The Morgan fingerprint density at radius 1 is 1.05 bits per heavy atom. The number of H-pyrrole nitrogens is 2. The molecule has 7 nitrogen and oxygen atoms in total. The maximum Gasteiger partial charge on any atom is 0.181 e. The van der Waals surface area contributed by atoms with Crippen molar-refractivity contribution in [1.82, 2.24) is 35.0 Å². The molecular weight excluding hydrogens is 458 g/mol. The van der Waals surface area contributed by atoms with Gasteiger partial charge in [-0.2, -0.15) is 5.10 Å². The fourth-order valence-corrected chi connectivity index (χ4v) is 4.57. The van der Waals surface area contributed by atoms with Gasteiger partial charge in [0, 0.05) is 58.1 Å². The lowest BCUT2D eigenvalue weighted by Gasteiger charge is -2.09. The molecule has 0 bridgehead atoms. The standard InChI is InChI=1S/C30H31N7/c1-5-9-24(27-11-6-7-12-32-27)25-16-28(34-20(25)2)29-26-15-23(19-33-30(26)36-35-29)22-14-21(17-31-18-22)10-8-13-37(3)4/h5-7,9,11-12,14-19,34H,1,8,10,13H2,2-4H3,(H,33,35,36)/b24-9+. The third-order valence-corrected chi connectivity index (χ3v) is 6.41. The minimum absolute atomic E-state index is 0.675. The number of aromatic nitrogens is 6. The van der Waals surface area contributed by atoms with Crippen LogP contribution in [0.2, 0.25) is 0 Å². The predicted octanol–water partition coefficient (Wildman–Crippen LogP) is 5.83. The molecule has 2 N–H and O–H groups in total. The molecule has 0 amide bonds. The van der Waals surface area contributed by atoms with Crippen LogP contribution in [0.1, 0.15) is 28.9 Å². The normalized spacial score (nSPS) is 11.9. The van der Waals surface area contributed by atoms with Crippen LogP contribution in [0.15, 0.2) is 79.9 Å². The Labute approximate surface area is 217 Å². The summed E-state index contributed by atoms with van der Waals surface area (Å²) >= 11 is 0. The Bertz CT molecular complexity index is 1560. The van der Waals surface area contributed by atoms with Gasteiger partial charge in [0.2, 0.25) is 0 Å². The average molecular weight is 490 g/mol. The van der Waals surface area contributed by atoms with Crippen molar-refractivity contribution in [3.63, 3.8) is 0 Å². The van der Waals surface area contributed by atoms with Crippen LogP contribution in [0.4, 0.5) is 0 Å². The largest absolute Gasteiger partial charge is 0.357 e. The number of aryl methyl sites for hydroxylation is 2. The highest BCUT2D eigenvalue weighted by molar-refractivity contribution is 5.94. The fraction of sp³-hybridized carbons (Fsp3) is 0.200. The van der Waals surface area contributed by atoms with Gasteiger partial charge in [0.25, 0.3) is 0 Å². The topological polar surface area (TPSA) is 86.4 Å². The second-order valence-corrected chi connectivity index (χ2v) is 9.44. The van der Waals surface area contributed by atoms with E-state index in [9.17, 15) is 0 Å². The molecule has 0 atom stereocenters. The van der Waals surface area contributed by atoms with Gasteiger partial charge in [-0.15, -0.1) is 0 Å². The first-order valence-electron chi connectivity index (χ1n) is 12.4. The summed E-state index contributed by atoms with van der Waals surface area (Å²) in [5.41, 5.74) is 9.82. The monoisotopic (exact) mass is 489 g/mol. The summed E-state index contributed by atoms with van der Waals surface area (Å²) in [5, 5.41) is 8.61. The number of fused-ring (bicyclic) bond motifs is 1. The number of allylic oxidation sites excluding steroid dienone is 2. The summed E-state index contributed by atoms with van der Waals surface area (Å²) in [4.78, 5) is 19.4. The zero-order valence-corrected chi connectivity index (χ0v) is 21.5. The van der Waals surface area contributed by atoms with Crippen molar-refractivity contribution in [1.29, 1.82) is 0 Å². The van der Waals surface area contributed by atoms with Gasteiger partial charge < -0.3 is 9.88 Å². The number of hydrogen-bond acceptors (Lipinski definition) is 5. The van der Waals surface area contributed by atoms with Gasteiger partial charge in [-0.1, -0.05) is 24.8 Å². The Hall–Kier alpha value is -4.36. The van der Waals surface area contributed by atoms with Crippen LogP contribution < -0.4 is 0 Å². The molecule has 5 heterocycles. The minimum Gasteiger partial charge on any atom is -0.357 e. The number of nitrogens with zero attached hydrogens (tertiary/aromatic N) is 5. The lowest BCUT2D eigenvalue weighted by atomic mass is 10.0. The first kappa shape index (κ1) is 24.3. The molecule has 0 aromatic carbocycles. The molecule has 0 aliphatic carbocycles. The van der Waals surface area contributed by atoms with Crippen molar-refractivity contribution in [2.75, 3.05) is 20.6 Å². The van der Waals surface area contributed by atoms with Crippen molar-refractivity contribution in [2.45, 2.75) is 19.8 Å². The molecule has 0 saturated carbocycles. The Morgan fingerprint density at radius 2 is 1.92 bits per heavy atom. The van der Waals surface area contributed by atoms with Gasteiger partial charge in [0.1, 0.15) is 0 Å². The molecule has 0 fully saturated rings. The molecule has 186 valence electrons. The summed E-state index contributed by atoms with van der Waals surface area (Å²) in [6.07, 6.45) is 13.4. The van der Waals surface area contributed by atoms with Gasteiger partial charge in [-0.3, -0.25) is 15.1 Å². The predicted molar refractivity (Wildman–Crippen MR) is 150 cm³/mol. The molecule has 0 aliphatic rings. The van der Waals surface area contributed by atoms with Crippen LogP contribution in [0.25, 0.3) is 39.1 Å². The lowest BCUT2D eigenvalue weighted by Crippen LogP contribution is -2.13. The molecule has 5 rings (SSSR count). The Morgan fingerprint density at radius 3 is 2.70 bits per heavy atom. The zero-order chi connectivity index (χ0) is 25.8. The number of rotatable bonds is 9. The van der Waals surface area contributed by atoms with Crippen molar-refractivity contribution in [3.05, 3.63) is 102 Å². The van der Waals surface area contributed by atoms with Crippen LogP contribution in [0.5, 0.6) is 0 Å². The van der Waals surface area contributed by atoms with Gasteiger partial charge in [0.15, 0.2) is 5.65 Å². The number of nitrogens with one attached hydrogen (secondary N) is 2. The number of hydrogen-bond donors (Lipinski definition) is 2. The van der Waals surface area contributed by atoms with Crippen LogP contribution >= 0.6 is 0 Å². The first-order valence-corrected chi connectivity index (χ1v) is 12.4. The van der Waals surface area contributed by atoms with Crippen LogP contribution in [-0.2, 0) is 6.42 Å². The Balaban J connectivity index is 1.50. The number of pyridine rings is 3. The van der Waals surface area contributed by atoms with Crippen LogP contribution in [0.3, 0.4) is 0 Å². The minimum atomic E-state index is 0.675. The molecule has 7 heteroatoms. The van der Waals surface area contributed by atoms with E-state index in [2.05, 4.69) is 80.8 Å². The quantitative estimate of drug-likeness (QED) is 0.254. The summed E-state index contributed by atoms with van der Waals surface area (Å²) in [6.45, 7) is 7.02. The fourth-order valence-electron chi connectivity index (χ4n) is 4.57. The molecule has 0 spiro atoms. The van der Waals surface area contributed by atoms with E-state index in [0.717, 1.165) is 69.8 Å². The summed E-state index contributed by atoms with van der Waals surface area (Å²) in [7, 11) is 4.20. The van der Waals surface area contributed by atoms with Gasteiger partial charge in [0.05, 0.1) is 17.1 Å². The maximum absolute atomic E-state index is 4.63. The second-order valence-electron chi connectivity index (χ2n) is 9.44. The van der Waals surface area contributed by atoms with E-state index in [1.807, 2.05) is 42.9 Å². The summed E-state index contributed by atoms with van der Waals surface area (Å²) in [6, 6.07) is 12.4. The molecular formula is C30H31N7. The lowest BCUT2D eigenvalue weighted by molar-refractivity contribution is 0.400. The third-order valence-electron chi connectivity index (χ3n) is 6.41. The van der Waals surface area contributed by atoms with E-state index < -0.39 is 0 Å². The molecule has 0 unspecified atom stereocenters. The van der Waals surface area contributed by atoms with Gasteiger partial charge in [-0.05, 0) is 76.3 Å². The highest BCUT2D eigenvalue weighted by Crippen LogP contribution is 2.33. The van der Waals surface area contributed by atoms with E-state index >= 15 is 0 Å². The summed E-state index contributed by atoms with van der Waals surface area (Å²) in [5.74, 6) is 0. The molecule has 5 aromatic rings.